The lowest BCUT2D eigenvalue weighted by atomic mass is 9.80. The molecule has 0 spiro atoms. The summed E-state index contributed by atoms with van der Waals surface area (Å²) in [5.74, 6) is 0. The number of carbonyl (C=O) groups excluding carboxylic acids is 1. The molecule has 1 aliphatic heterocycles. The number of amides is 1. The van der Waals surface area contributed by atoms with E-state index in [1.165, 1.54) is 0 Å². The lowest BCUT2D eigenvalue weighted by molar-refractivity contribution is -0.249. The topological polar surface area (TPSA) is 122 Å². The summed E-state index contributed by atoms with van der Waals surface area (Å²) < 4.78 is 10.2. The molecule has 1 heterocycles. The van der Waals surface area contributed by atoms with Crippen LogP contribution in [-0.2, 0) is 9.47 Å². The highest BCUT2D eigenvalue weighted by Gasteiger charge is 2.49. The zero-order valence-corrected chi connectivity index (χ0v) is 10.7. The molecule has 7 nitrogen and oxygen atoms in total. The van der Waals surface area contributed by atoms with Gasteiger partial charge in [0.05, 0.1) is 12.7 Å². The van der Waals surface area contributed by atoms with Gasteiger partial charge in [0.15, 0.2) is 6.10 Å². The maximum atomic E-state index is 10.8. The van der Waals surface area contributed by atoms with Gasteiger partial charge in [-0.05, 0) is 5.41 Å². The van der Waals surface area contributed by atoms with Crippen LogP contribution in [-0.4, -0.2) is 58.5 Å². The number of rotatable bonds is 2. The van der Waals surface area contributed by atoms with E-state index in [0.717, 1.165) is 0 Å². The Bertz CT molecular complexity index is 302. The molecule has 18 heavy (non-hydrogen) atoms. The van der Waals surface area contributed by atoms with Crippen LogP contribution in [0.15, 0.2) is 0 Å². The second-order valence-corrected chi connectivity index (χ2v) is 5.53. The lowest BCUT2D eigenvalue weighted by Crippen LogP contribution is -2.63. The number of aliphatic hydroxyl groups excluding tert-OH is 3. The molecule has 1 unspecified atom stereocenters. The first-order valence-electron chi connectivity index (χ1n) is 5.77. The quantitative estimate of drug-likeness (QED) is 0.505. The van der Waals surface area contributed by atoms with Crippen LogP contribution in [0.4, 0.5) is 4.79 Å². The molecule has 0 aromatic rings. The van der Waals surface area contributed by atoms with Gasteiger partial charge in [-0.15, -0.1) is 0 Å². The van der Waals surface area contributed by atoms with Crippen molar-refractivity contribution in [2.24, 2.45) is 11.1 Å². The van der Waals surface area contributed by atoms with Crippen molar-refractivity contribution >= 4 is 6.09 Å². The molecule has 1 rings (SSSR count). The molecule has 1 saturated heterocycles. The summed E-state index contributed by atoms with van der Waals surface area (Å²) in [6, 6.07) is 0. The zero-order chi connectivity index (χ0) is 14.1. The number of nitrogens with two attached hydrogens (primary N) is 1. The molecule has 0 aliphatic carbocycles. The number of primary amides is 1. The minimum Gasteiger partial charge on any atom is -0.441 e. The molecule has 1 amide bonds. The van der Waals surface area contributed by atoms with Crippen LogP contribution >= 0.6 is 0 Å². The van der Waals surface area contributed by atoms with E-state index in [1.807, 2.05) is 20.8 Å². The van der Waals surface area contributed by atoms with E-state index in [0.29, 0.717) is 0 Å². The van der Waals surface area contributed by atoms with E-state index < -0.39 is 48.6 Å². The molecule has 0 aromatic carbocycles. The van der Waals surface area contributed by atoms with Crippen LogP contribution in [0.25, 0.3) is 0 Å². The third-order valence-electron chi connectivity index (χ3n) is 2.97. The van der Waals surface area contributed by atoms with Crippen LogP contribution in [0, 0.1) is 5.41 Å². The molecule has 1 aliphatic rings. The predicted molar refractivity (Wildman–Crippen MR) is 61.7 cm³/mol. The van der Waals surface area contributed by atoms with Gasteiger partial charge in [-0.25, -0.2) is 4.79 Å². The van der Waals surface area contributed by atoms with Crippen LogP contribution in [0.2, 0.25) is 0 Å². The van der Waals surface area contributed by atoms with Crippen molar-refractivity contribution in [2.75, 3.05) is 6.61 Å². The van der Waals surface area contributed by atoms with E-state index in [4.69, 9.17) is 20.3 Å². The maximum absolute atomic E-state index is 10.8. The Morgan fingerprint density at radius 2 is 1.89 bits per heavy atom. The molecular formula is C11H21NO6. The van der Waals surface area contributed by atoms with Crippen LogP contribution in [0.5, 0.6) is 0 Å². The minimum absolute atomic E-state index is 0.445. The second kappa shape index (κ2) is 5.40. The van der Waals surface area contributed by atoms with E-state index >= 15 is 0 Å². The molecule has 0 saturated carbocycles. The molecule has 106 valence electrons. The lowest BCUT2D eigenvalue weighted by Gasteiger charge is -2.46. The zero-order valence-electron chi connectivity index (χ0n) is 10.7. The minimum atomic E-state index is -1.32. The van der Waals surface area contributed by atoms with Crippen molar-refractivity contribution < 1.29 is 29.6 Å². The highest BCUT2D eigenvalue weighted by atomic mass is 16.6. The van der Waals surface area contributed by atoms with E-state index in [9.17, 15) is 15.0 Å². The van der Waals surface area contributed by atoms with Crippen molar-refractivity contribution in [3.63, 3.8) is 0 Å². The fourth-order valence-electron chi connectivity index (χ4n) is 2.08. The summed E-state index contributed by atoms with van der Waals surface area (Å²) >= 11 is 0. The maximum Gasteiger partial charge on any atom is 0.404 e. The summed E-state index contributed by atoms with van der Waals surface area (Å²) in [6.45, 7) is 5.04. The Balaban J connectivity index is 2.95. The number of aliphatic hydroxyl groups is 3. The monoisotopic (exact) mass is 263 g/mol. The van der Waals surface area contributed by atoms with E-state index in [-0.39, 0.29) is 0 Å². The van der Waals surface area contributed by atoms with Gasteiger partial charge in [0.25, 0.3) is 0 Å². The smallest absolute Gasteiger partial charge is 0.404 e. The molecule has 5 N–H and O–H groups in total. The van der Waals surface area contributed by atoms with Gasteiger partial charge >= 0.3 is 6.09 Å². The molecular weight excluding hydrogens is 242 g/mol. The van der Waals surface area contributed by atoms with Crippen molar-refractivity contribution in [1.29, 1.82) is 0 Å². The molecule has 1 fully saturated rings. The van der Waals surface area contributed by atoms with Gasteiger partial charge in [-0.1, -0.05) is 20.8 Å². The van der Waals surface area contributed by atoms with Crippen molar-refractivity contribution in [1.82, 2.24) is 0 Å². The third kappa shape index (κ3) is 3.11. The van der Waals surface area contributed by atoms with Gasteiger partial charge in [0.1, 0.15) is 18.3 Å². The summed E-state index contributed by atoms with van der Waals surface area (Å²) in [5, 5.41) is 29.1. The third-order valence-corrected chi connectivity index (χ3v) is 2.97. The van der Waals surface area contributed by atoms with E-state index in [2.05, 4.69) is 0 Å². The van der Waals surface area contributed by atoms with Gasteiger partial charge in [0, 0.05) is 0 Å². The summed E-state index contributed by atoms with van der Waals surface area (Å²) in [7, 11) is 0. The molecule has 0 bridgehead atoms. The SMILES string of the molecule is CC(C)(C)C1O[C@@H](CO)[C@@H](O)[C@H](OC(N)=O)[C@@H]1O. The van der Waals surface area contributed by atoms with Gasteiger partial charge in [-0.2, -0.15) is 0 Å². The first kappa shape index (κ1) is 15.2. The number of hydrogen-bond donors (Lipinski definition) is 4. The second-order valence-electron chi connectivity index (χ2n) is 5.53. The van der Waals surface area contributed by atoms with Crippen molar-refractivity contribution in [3.05, 3.63) is 0 Å². The molecule has 7 heteroatoms. The van der Waals surface area contributed by atoms with Gasteiger partial charge in [-0.3, -0.25) is 0 Å². The Hall–Kier alpha value is -0.890. The highest BCUT2D eigenvalue weighted by Crippen LogP contribution is 2.33. The van der Waals surface area contributed by atoms with Crippen molar-refractivity contribution in [2.45, 2.75) is 51.3 Å². The summed E-state index contributed by atoms with van der Waals surface area (Å²) in [5.41, 5.74) is 4.45. The average molecular weight is 263 g/mol. The van der Waals surface area contributed by atoms with Gasteiger partial charge in [0.2, 0.25) is 0 Å². The fraction of sp³-hybridized carbons (Fsp3) is 0.909. The largest absolute Gasteiger partial charge is 0.441 e. The Morgan fingerprint density at radius 3 is 2.28 bits per heavy atom. The average Bonchev–Trinajstić information content (AvgIpc) is 2.22. The van der Waals surface area contributed by atoms with Gasteiger partial charge < -0.3 is 30.5 Å². The first-order valence-corrected chi connectivity index (χ1v) is 5.77. The molecule has 0 aromatic heterocycles. The Labute approximate surface area is 105 Å². The molecule has 0 radical (unpaired) electrons. The first-order chi connectivity index (χ1) is 8.18. The number of hydrogen-bond acceptors (Lipinski definition) is 6. The summed E-state index contributed by atoms with van der Waals surface area (Å²) in [4.78, 5) is 10.8. The number of ether oxygens (including phenoxy) is 2. The highest BCUT2D eigenvalue weighted by molar-refractivity contribution is 5.65. The normalized spacial score (nSPS) is 37.3. The van der Waals surface area contributed by atoms with Crippen LogP contribution in [0.1, 0.15) is 20.8 Å². The molecule has 5 atom stereocenters. The Kier molecular flexibility index (Phi) is 4.55. The van der Waals surface area contributed by atoms with Crippen molar-refractivity contribution in [3.8, 4) is 0 Å². The standard InChI is InChI=1S/C11H21NO6/c1-11(2,3)9-7(15)8(18-10(12)16)6(14)5(4-13)17-9/h5-9,13-15H,4H2,1-3H3,(H2,12,16)/t5-,6+,7-,8-,9?/m0/s1. The Morgan fingerprint density at radius 1 is 1.33 bits per heavy atom. The van der Waals surface area contributed by atoms with Crippen LogP contribution in [0.3, 0.4) is 0 Å². The van der Waals surface area contributed by atoms with E-state index in [1.54, 1.807) is 0 Å². The summed E-state index contributed by atoms with van der Waals surface area (Å²) in [6.07, 6.45) is -6.46. The fourth-order valence-corrected chi connectivity index (χ4v) is 2.08. The predicted octanol–water partition coefficient (Wildman–Crippen LogP) is -1.02. The number of carbonyl (C=O) groups is 1. The van der Waals surface area contributed by atoms with Crippen LogP contribution < -0.4 is 5.73 Å².